The third kappa shape index (κ3) is 2.89. The molecular weight excluding hydrogens is 282 g/mol. The number of aryl methyl sites for hydroxylation is 2. The molecule has 0 bridgehead atoms. The molecule has 0 spiro atoms. The Balaban J connectivity index is 2.10. The van der Waals surface area contributed by atoms with E-state index in [2.05, 4.69) is 39.8 Å². The van der Waals surface area contributed by atoms with Gasteiger partial charge in [-0.1, -0.05) is 0 Å². The third-order valence-corrected chi connectivity index (χ3v) is 4.16. The molecule has 1 aliphatic rings. The van der Waals surface area contributed by atoms with E-state index >= 15 is 0 Å². The van der Waals surface area contributed by atoms with Crippen LogP contribution in [0.1, 0.15) is 25.2 Å². The Hall–Kier alpha value is -0.390. The molecule has 0 N–H and O–H groups in total. The van der Waals surface area contributed by atoms with Crippen LogP contribution in [0, 0.1) is 6.92 Å². The predicted octanol–water partition coefficient (Wildman–Crippen LogP) is 2.10. The van der Waals surface area contributed by atoms with Gasteiger partial charge in [-0.25, -0.2) is 0 Å². The number of halogens is 1. The third-order valence-electron chi connectivity index (χ3n) is 3.13. The first-order valence-electron chi connectivity index (χ1n) is 6.03. The Bertz CT molecular complexity index is 395. The first-order chi connectivity index (χ1) is 7.97. The van der Waals surface area contributed by atoms with E-state index in [1.165, 1.54) is 5.69 Å². The summed E-state index contributed by atoms with van der Waals surface area (Å²) in [6, 6.07) is 0. The van der Waals surface area contributed by atoms with Crippen molar-refractivity contribution >= 4 is 15.9 Å². The number of nitrogens with zero attached hydrogens (tertiary/aromatic N) is 3. The van der Waals surface area contributed by atoms with Crippen molar-refractivity contribution < 1.29 is 4.74 Å². The van der Waals surface area contributed by atoms with Crippen molar-refractivity contribution in [2.24, 2.45) is 7.05 Å². The highest BCUT2D eigenvalue weighted by molar-refractivity contribution is 9.10. The fourth-order valence-corrected chi connectivity index (χ4v) is 2.94. The molecule has 2 atom stereocenters. The molecule has 17 heavy (non-hydrogen) atoms. The lowest BCUT2D eigenvalue weighted by atomic mass is 10.2. The average molecular weight is 302 g/mol. The zero-order chi connectivity index (χ0) is 12.6. The molecule has 1 aliphatic heterocycles. The molecule has 4 nitrogen and oxygen atoms in total. The van der Waals surface area contributed by atoms with Crippen molar-refractivity contribution in [1.29, 1.82) is 0 Å². The SMILES string of the molecule is Cc1nn(C)c(CN2C[C@@H](C)O[C@@H](C)C2)c1Br. The van der Waals surface area contributed by atoms with Gasteiger partial charge in [-0.15, -0.1) is 0 Å². The normalized spacial score (nSPS) is 26.4. The average Bonchev–Trinajstić information content (AvgIpc) is 2.44. The maximum absolute atomic E-state index is 5.74. The van der Waals surface area contributed by atoms with Crippen LogP contribution in [0.2, 0.25) is 0 Å². The minimum atomic E-state index is 0.312. The summed E-state index contributed by atoms with van der Waals surface area (Å²) in [7, 11) is 2.00. The fourth-order valence-electron chi connectivity index (χ4n) is 2.48. The summed E-state index contributed by atoms with van der Waals surface area (Å²) in [6.07, 6.45) is 0.624. The lowest BCUT2D eigenvalue weighted by molar-refractivity contribution is -0.0710. The second kappa shape index (κ2) is 5.08. The van der Waals surface area contributed by atoms with E-state index in [1.54, 1.807) is 0 Å². The van der Waals surface area contributed by atoms with Crippen molar-refractivity contribution in [2.45, 2.75) is 39.5 Å². The summed E-state index contributed by atoms with van der Waals surface area (Å²) < 4.78 is 8.84. The molecule has 0 aromatic carbocycles. The molecule has 1 aromatic rings. The van der Waals surface area contributed by atoms with Gasteiger partial charge in [-0.05, 0) is 36.7 Å². The van der Waals surface area contributed by atoms with Gasteiger partial charge >= 0.3 is 0 Å². The lowest BCUT2D eigenvalue weighted by Gasteiger charge is -2.35. The maximum atomic E-state index is 5.74. The lowest BCUT2D eigenvalue weighted by Crippen LogP contribution is -2.45. The molecule has 2 rings (SSSR count). The van der Waals surface area contributed by atoms with Crippen LogP contribution >= 0.6 is 15.9 Å². The van der Waals surface area contributed by atoms with E-state index in [9.17, 15) is 0 Å². The van der Waals surface area contributed by atoms with E-state index in [-0.39, 0.29) is 0 Å². The predicted molar refractivity (Wildman–Crippen MR) is 70.9 cm³/mol. The smallest absolute Gasteiger partial charge is 0.0739 e. The van der Waals surface area contributed by atoms with E-state index in [1.807, 2.05) is 18.7 Å². The zero-order valence-corrected chi connectivity index (χ0v) is 12.5. The van der Waals surface area contributed by atoms with Crippen molar-refractivity contribution in [3.63, 3.8) is 0 Å². The molecule has 0 amide bonds. The molecular formula is C12H20BrN3O. The van der Waals surface area contributed by atoms with Gasteiger partial charge in [0.15, 0.2) is 0 Å². The van der Waals surface area contributed by atoms with Gasteiger partial charge < -0.3 is 4.74 Å². The Labute approximate surface area is 111 Å². The fraction of sp³-hybridized carbons (Fsp3) is 0.750. The number of ether oxygens (including phenoxy) is 1. The van der Waals surface area contributed by atoms with E-state index in [0.29, 0.717) is 12.2 Å². The zero-order valence-electron chi connectivity index (χ0n) is 10.9. The minimum Gasteiger partial charge on any atom is -0.373 e. The highest BCUT2D eigenvalue weighted by Crippen LogP contribution is 2.23. The van der Waals surface area contributed by atoms with Crippen LogP contribution in [0.3, 0.4) is 0 Å². The minimum absolute atomic E-state index is 0.312. The molecule has 0 unspecified atom stereocenters. The standard InChI is InChI=1S/C12H20BrN3O/c1-8-5-16(6-9(2)17-8)7-11-12(13)10(3)14-15(11)4/h8-9H,5-7H2,1-4H3/t8-,9+. The molecule has 2 heterocycles. The van der Waals surface area contributed by atoms with E-state index in [4.69, 9.17) is 4.74 Å². The van der Waals surface area contributed by atoms with Gasteiger partial charge in [0.2, 0.25) is 0 Å². The second-order valence-electron chi connectivity index (χ2n) is 4.92. The first-order valence-corrected chi connectivity index (χ1v) is 6.82. The van der Waals surface area contributed by atoms with Crippen LogP contribution in [0.4, 0.5) is 0 Å². The number of morpholine rings is 1. The monoisotopic (exact) mass is 301 g/mol. The Morgan fingerprint density at radius 3 is 2.41 bits per heavy atom. The molecule has 1 fully saturated rings. The van der Waals surface area contributed by atoms with Crippen molar-refractivity contribution in [3.8, 4) is 0 Å². The van der Waals surface area contributed by atoms with Crippen LogP contribution in [0.25, 0.3) is 0 Å². The Morgan fingerprint density at radius 1 is 1.35 bits per heavy atom. The first kappa shape index (κ1) is 13.1. The summed E-state index contributed by atoms with van der Waals surface area (Å²) >= 11 is 3.62. The topological polar surface area (TPSA) is 30.3 Å². The van der Waals surface area contributed by atoms with Crippen LogP contribution in [-0.4, -0.2) is 40.0 Å². The second-order valence-corrected chi connectivity index (χ2v) is 5.71. The quantitative estimate of drug-likeness (QED) is 0.838. The number of rotatable bonds is 2. The van der Waals surface area contributed by atoms with Crippen LogP contribution in [-0.2, 0) is 18.3 Å². The number of hydrogen-bond donors (Lipinski definition) is 0. The van der Waals surface area contributed by atoms with Gasteiger partial charge in [0.25, 0.3) is 0 Å². The molecule has 5 heteroatoms. The molecule has 0 saturated carbocycles. The summed E-state index contributed by atoms with van der Waals surface area (Å²) in [5.41, 5.74) is 2.29. The molecule has 1 aromatic heterocycles. The highest BCUT2D eigenvalue weighted by Gasteiger charge is 2.24. The van der Waals surface area contributed by atoms with E-state index in [0.717, 1.165) is 29.8 Å². The van der Waals surface area contributed by atoms with Crippen LogP contribution in [0.5, 0.6) is 0 Å². The van der Waals surface area contributed by atoms with Gasteiger partial charge in [0, 0.05) is 26.7 Å². The molecule has 96 valence electrons. The van der Waals surface area contributed by atoms with Gasteiger partial charge in [0.05, 0.1) is 28.1 Å². The molecule has 1 saturated heterocycles. The number of aromatic nitrogens is 2. The largest absolute Gasteiger partial charge is 0.373 e. The molecule has 0 aliphatic carbocycles. The van der Waals surface area contributed by atoms with Gasteiger partial charge in [-0.3, -0.25) is 9.58 Å². The summed E-state index contributed by atoms with van der Waals surface area (Å²) in [5.74, 6) is 0. The Kier molecular flexibility index (Phi) is 3.90. The molecule has 0 radical (unpaired) electrons. The summed E-state index contributed by atoms with van der Waals surface area (Å²) in [4.78, 5) is 2.43. The van der Waals surface area contributed by atoms with Crippen molar-refractivity contribution in [1.82, 2.24) is 14.7 Å². The number of hydrogen-bond acceptors (Lipinski definition) is 3. The van der Waals surface area contributed by atoms with Crippen LogP contribution < -0.4 is 0 Å². The maximum Gasteiger partial charge on any atom is 0.0739 e. The van der Waals surface area contributed by atoms with Crippen molar-refractivity contribution in [3.05, 3.63) is 15.9 Å². The summed E-state index contributed by atoms with van der Waals surface area (Å²) in [5, 5.41) is 4.43. The summed E-state index contributed by atoms with van der Waals surface area (Å²) in [6.45, 7) is 9.19. The van der Waals surface area contributed by atoms with Crippen molar-refractivity contribution in [2.75, 3.05) is 13.1 Å². The van der Waals surface area contributed by atoms with Gasteiger partial charge in [0.1, 0.15) is 0 Å². The Morgan fingerprint density at radius 2 is 1.94 bits per heavy atom. The highest BCUT2D eigenvalue weighted by atomic mass is 79.9. The van der Waals surface area contributed by atoms with Gasteiger partial charge in [-0.2, -0.15) is 5.10 Å². The van der Waals surface area contributed by atoms with E-state index < -0.39 is 0 Å². The van der Waals surface area contributed by atoms with Crippen LogP contribution in [0.15, 0.2) is 4.47 Å².